The molecule has 4 heteroatoms. The summed E-state index contributed by atoms with van der Waals surface area (Å²) in [7, 11) is 0. The van der Waals surface area contributed by atoms with Crippen LogP contribution in [0.3, 0.4) is 0 Å². The molecule has 0 spiro atoms. The van der Waals surface area contributed by atoms with E-state index >= 15 is 0 Å². The van der Waals surface area contributed by atoms with Crippen molar-refractivity contribution in [3.05, 3.63) is 71.5 Å². The first-order valence-corrected chi connectivity index (χ1v) is 9.70. The van der Waals surface area contributed by atoms with E-state index < -0.39 is 0 Å². The van der Waals surface area contributed by atoms with E-state index in [0.29, 0.717) is 12.2 Å². The number of Topliss-reactive ketones (excluding diaryl/α,β-unsaturated/α-hetero) is 1. The fourth-order valence-electron chi connectivity index (χ4n) is 3.89. The predicted molar refractivity (Wildman–Crippen MR) is 107 cm³/mol. The van der Waals surface area contributed by atoms with E-state index in [0.717, 1.165) is 60.5 Å². The number of nitrogens with zero attached hydrogens (tertiary/aromatic N) is 3. The third kappa shape index (κ3) is 4.22. The van der Waals surface area contributed by atoms with E-state index in [9.17, 15) is 4.79 Å². The van der Waals surface area contributed by atoms with Gasteiger partial charge in [0, 0.05) is 25.4 Å². The zero-order chi connectivity index (χ0) is 18.6. The monoisotopic (exact) mass is 359 g/mol. The zero-order valence-corrected chi connectivity index (χ0v) is 15.8. The van der Waals surface area contributed by atoms with E-state index in [1.165, 1.54) is 0 Å². The Hall–Kier alpha value is -2.59. The van der Waals surface area contributed by atoms with Crippen molar-refractivity contribution in [2.24, 2.45) is 5.92 Å². The van der Waals surface area contributed by atoms with Gasteiger partial charge in [0.25, 0.3) is 0 Å². The van der Waals surface area contributed by atoms with Gasteiger partial charge >= 0.3 is 0 Å². The molecular weight excluding hydrogens is 334 g/mol. The van der Waals surface area contributed by atoms with Crippen LogP contribution in [0.4, 0.5) is 0 Å². The van der Waals surface area contributed by atoms with Crippen LogP contribution in [0.2, 0.25) is 0 Å². The van der Waals surface area contributed by atoms with Crippen molar-refractivity contribution in [1.82, 2.24) is 14.9 Å². The molecule has 1 aromatic heterocycles. The van der Waals surface area contributed by atoms with Crippen LogP contribution in [0, 0.1) is 12.8 Å². The van der Waals surface area contributed by atoms with Gasteiger partial charge in [-0.15, -0.1) is 0 Å². The van der Waals surface area contributed by atoms with Crippen molar-refractivity contribution in [2.45, 2.75) is 32.7 Å². The Labute approximate surface area is 160 Å². The van der Waals surface area contributed by atoms with Crippen LogP contribution in [0.1, 0.15) is 29.8 Å². The second-order valence-corrected chi connectivity index (χ2v) is 7.45. The lowest BCUT2D eigenvalue weighted by molar-refractivity contribution is -0.124. The van der Waals surface area contributed by atoms with Crippen molar-refractivity contribution >= 4 is 16.8 Å². The van der Waals surface area contributed by atoms with Crippen LogP contribution in [0.5, 0.6) is 0 Å². The number of ketones is 1. The molecule has 0 amide bonds. The van der Waals surface area contributed by atoms with Crippen LogP contribution in [-0.2, 0) is 17.8 Å². The Balaban J connectivity index is 1.44. The molecule has 4 nitrogen and oxygen atoms in total. The number of rotatable bonds is 5. The van der Waals surface area contributed by atoms with Gasteiger partial charge in [-0.05, 0) is 44.0 Å². The van der Waals surface area contributed by atoms with Crippen LogP contribution < -0.4 is 0 Å². The summed E-state index contributed by atoms with van der Waals surface area (Å²) in [6, 6.07) is 18.0. The Morgan fingerprint density at radius 1 is 1.04 bits per heavy atom. The second-order valence-electron chi connectivity index (χ2n) is 7.45. The number of aromatic nitrogens is 2. The second kappa shape index (κ2) is 7.97. The highest BCUT2D eigenvalue weighted by molar-refractivity contribution is 5.83. The summed E-state index contributed by atoms with van der Waals surface area (Å²) in [5.74, 6) is 0.472. The summed E-state index contributed by atoms with van der Waals surface area (Å²) in [6.07, 6.45) is 2.59. The van der Waals surface area contributed by atoms with Crippen molar-refractivity contribution in [3.8, 4) is 0 Å². The highest BCUT2D eigenvalue weighted by Crippen LogP contribution is 2.22. The largest absolute Gasteiger partial charge is 0.299 e. The zero-order valence-electron chi connectivity index (χ0n) is 15.8. The smallest absolute Gasteiger partial charge is 0.141 e. The molecule has 0 aliphatic carbocycles. The summed E-state index contributed by atoms with van der Waals surface area (Å²) in [6.45, 7) is 4.62. The molecule has 0 N–H and O–H groups in total. The summed E-state index contributed by atoms with van der Waals surface area (Å²) >= 11 is 0. The molecule has 1 aliphatic heterocycles. The quantitative estimate of drug-likeness (QED) is 0.692. The van der Waals surface area contributed by atoms with Crippen LogP contribution in [0.15, 0.2) is 54.6 Å². The van der Waals surface area contributed by atoms with Crippen LogP contribution >= 0.6 is 0 Å². The minimum atomic E-state index is 0.118. The Morgan fingerprint density at radius 3 is 2.52 bits per heavy atom. The number of piperidine rings is 1. The third-order valence-corrected chi connectivity index (χ3v) is 5.40. The minimum Gasteiger partial charge on any atom is -0.299 e. The van der Waals surface area contributed by atoms with Gasteiger partial charge < -0.3 is 0 Å². The molecule has 3 aromatic rings. The molecule has 2 aromatic carbocycles. The van der Waals surface area contributed by atoms with Gasteiger partial charge in [0.2, 0.25) is 0 Å². The third-order valence-electron chi connectivity index (χ3n) is 5.40. The molecule has 0 radical (unpaired) electrons. The first-order chi connectivity index (χ1) is 13.2. The molecule has 1 unspecified atom stereocenters. The molecule has 27 heavy (non-hydrogen) atoms. The number of carbonyl (C=O) groups excluding carboxylic acids is 1. The van der Waals surface area contributed by atoms with Crippen molar-refractivity contribution in [3.63, 3.8) is 0 Å². The van der Waals surface area contributed by atoms with E-state index in [4.69, 9.17) is 9.97 Å². The Bertz CT molecular complexity index is 939. The van der Waals surface area contributed by atoms with Crippen LogP contribution in [-0.4, -0.2) is 33.7 Å². The summed E-state index contributed by atoms with van der Waals surface area (Å²) in [4.78, 5) is 24.6. The van der Waals surface area contributed by atoms with Crippen molar-refractivity contribution < 1.29 is 4.79 Å². The fraction of sp³-hybridized carbons (Fsp3) is 0.348. The lowest BCUT2D eigenvalue weighted by atomic mass is 9.90. The Morgan fingerprint density at radius 2 is 1.74 bits per heavy atom. The maximum absolute atomic E-state index is 12.8. The molecule has 1 saturated heterocycles. The number of hydrogen-bond acceptors (Lipinski definition) is 4. The van der Waals surface area contributed by atoms with Gasteiger partial charge in [-0.1, -0.05) is 42.5 Å². The molecule has 4 rings (SSSR count). The standard InChI is InChI=1S/C23H25N3O/c1-17-22(25-21-12-6-5-11-20(21)24-17)16-26-13-7-10-19(15-26)23(27)14-18-8-3-2-4-9-18/h2-6,8-9,11-12,19H,7,10,13-16H2,1H3. The number of hydrogen-bond donors (Lipinski definition) is 0. The molecule has 1 fully saturated rings. The maximum Gasteiger partial charge on any atom is 0.141 e. The van der Waals surface area contributed by atoms with E-state index in [1.807, 2.05) is 61.5 Å². The SMILES string of the molecule is Cc1nc2ccccc2nc1CN1CCCC(C(=O)Cc2ccccc2)C1. The van der Waals surface area contributed by atoms with Crippen molar-refractivity contribution in [2.75, 3.05) is 13.1 Å². The topological polar surface area (TPSA) is 46.1 Å². The summed E-state index contributed by atoms with van der Waals surface area (Å²) in [5, 5.41) is 0. The van der Waals surface area contributed by atoms with Gasteiger partial charge in [-0.25, -0.2) is 9.97 Å². The first kappa shape index (κ1) is 17.8. The molecule has 1 aliphatic rings. The average molecular weight is 359 g/mol. The van der Waals surface area contributed by atoms with Gasteiger partial charge in [0.05, 0.1) is 22.4 Å². The molecular formula is C23H25N3O. The fourth-order valence-corrected chi connectivity index (χ4v) is 3.89. The Kier molecular flexibility index (Phi) is 5.26. The number of aryl methyl sites for hydroxylation is 1. The minimum absolute atomic E-state index is 0.118. The van der Waals surface area contributed by atoms with E-state index in [1.54, 1.807) is 0 Å². The highest BCUT2D eigenvalue weighted by Gasteiger charge is 2.26. The van der Waals surface area contributed by atoms with Crippen LogP contribution in [0.25, 0.3) is 11.0 Å². The van der Waals surface area contributed by atoms with Gasteiger partial charge in [-0.3, -0.25) is 9.69 Å². The number of fused-ring (bicyclic) bond motifs is 1. The predicted octanol–water partition coefficient (Wildman–Crippen LogP) is 3.96. The lowest BCUT2D eigenvalue weighted by Crippen LogP contribution is -2.39. The summed E-state index contributed by atoms with van der Waals surface area (Å²) < 4.78 is 0. The molecule has 0 bridgehead atoms. The van der Waals surface area contributed by atoms with Gasteiger partial charge in [0.15, 0.2) is 0 Å². The lowest BCUT2D eigenvalue weighted by Gasteiger charge is -2.32. The number of likely N-dealkylation sites (tertiary alicyclic amines) is 1. The highest BCUT2D eigenvalue weighted by atomic mass is 16.1. The first-order valence-electron chi connectivity index (χ1n) is 9.70. The molecule has 0 saturated carbocycles. The summed E-state index contributed by atoms with van der Waals surface area (Å²) in [5.41, 5.74) is 4.98. The van der Waals surface area contributed by atoms with E-state index in [-0.39, 0.29) is 5.92 Å². The molecule has 2 heterocycles. The van der Waals surface area contributed by atoms with Gasteiger partial charge in [-0.2, -0.15) is 0 Å². The number of carbonyl (C=O) groups is 1. The maximum atomic E-state index is 12.8. The van der Waals surface area contributed by atoms with Crippen molar-refractivity contribution in [1.29, 1.82) is 0 Å². The van der Waals surface area contributed by atoms with E-state index in [2.05, 4.69) is 4.90 Å². The number of para-hydroxylation sites is 2. The number of benzene rings is 2. The average Bonchev–Trinajstić information content (AvgIpc) is 2.69. The normalized spacial score (nSPS) is 17.9. The van der Waals surface area contributed by atoms with Gasteiger partial charge in [0.1, 0.15) is 5.78 Å². The molecule has 138 valence electrons. The molecule has 1 atom stereocenters.